The van der Waals surface area contributed by atoms with E-state index in [1.165, 1.54) is 15.9 Å². The van der Waals surface area contributed by atoms with Crippen molar-refractivity contribution in [1.82, 2.24) is 24.7 Å². The summed E-state index contributed by atoms with van der Waals surface area (Å²) in [6, 6.07) is 19.2. The van der Waals surface area contributed by atoms with E-state index < -0.39 is 0 Å². The fraction of sp³-hybridized carbons (Fsp3) is 0. The number of nitrogens with zero attached hydrogens (tertiary/aromatic N) is 5. The monoisotopic (exact) mass is 423 g/mol. The van der Waals surface area contributed by atoms with E-state index >= 15 is 0 Å². The van der Waals surface area contributed by atoms with Crippen LogP contribution in [0.1, 0.15) is 5.56 Å². The number of fused-ring (bicyclic) bond motifs is 2. The highest BCUT2D eigenvalue weighted by Gasteiger charge is 2.13. The maximum atomic E-state index is 12.9. The first-order valence-corrected chi connectivity index (χ1v) is 10.3. The molecule has 8 heteroatoms. The molecule has 0 unspecified atom stereocenters. The number of pyridine rings is 1. The van der Waals surface area contributed by atoms with E-state index in [0.29, 0.717) is 21.1 Å². The summed E-state index contributed by atoms with van der Waals surface area (Å²) in [7, 11) is 0. The second-order valence-corrected chi connectivity index (χ2v) is 7.94. The van der Waals surface area contributed by atoms with Crippen LogP contribution in [0.25, 0.3) is 44.7 Å². The van der Waals surface area contributed by atoms with Crippen molar-refractivity contribution in [1.29, 1.82) is 0 Å². The Hall–Kier alpha value is -4.17. The van der Waals surface area contributed by atoms with Crippen molar-refractivity contribution in [3.8, 4) is 22.7 Å². The van der Waals surface area contributed by atoms with Crippen LogP contribution in [0.15, 0.2) is 82.4 Å². The van der Waals surface area contributed by atoms with Crippen molar-refractivity contribution in [2.75, 3.05) is 0 Å². The van der Waals surface area contributed by atoms with Crippen LogP contribution in [0.2, 0.25) is 0 Å². The SMILES string of the molecule is O=c1c(=Cc2ccc3noc(-c4ccccc4)c3c2)sc2nc(-c3ccncc3)nn12. The molecule has 2 aromatic carbocycles. The van der Waals surface area contributed by atoms with Crippen LogP contribution in [-0.4, -0.2) is 24.7 Å². The molecule has 0 aliphatic carbocycles. The summed E-state index contributed by atoms with van der Waals surface area (Å²) in [6.45, 7) is 0. The Kier molecular flexibility index (Phi) is 3.97. The molecule has 6 rings (SSSR count). The molecule has 0 fully saturated rings. The summed E-state index contributed by atoms with van der Waals surface area (Å²) < 4.78 is 7.48. The summed E-state index contributed by atoms with van der Waals surface area (Å²) in [5.41, 5.74) is 3.23. The van der Waals surface area contributed by atoms with Crippen LogP contribution >= 0.6 is 11.3 Å². The van der Waals surface area contributed by atoms with Crippen LogP contribution < -0.4 is 10.1 Å². The summed E-state index contributed by atoms with van der Waals surface area (Å²) in [4.78, 5) is 21.9. The molecular formula is C23H13N5O2S. The minimum atomic E-state index is -0.193. The molecule has 0 saturated carbocycles. The van der Waals surface area contributed by atoms with E-state index in [4.69, 9.17) is 4.52 Å². The third-order valence-corrected chi connectivity index (χ3v) is 5.91. The van der Waals surface area contributed by atoms with Crippen molar-refractivity contribution in [2.45, 2.75) is 0 Å². The highest BCUT2D eigenvalue weighted by Crippen LogP contribution is 2.29. The predicted octanol–water partition coefficient (Wildman–Crippen LogP) is 3.57. The number of thiazole rings is 1. The number of hydrogen-bond acceptors (Lipinski definition) is 7. The molecule has 0 N–H and O–H groups in total. The lowest BCUT2D eigenvalue weighted by Crippen LogP contribution is -2.23. The van der Waals surface area contributed by atoms with Gasteiger partial charge in [0, 0.05) is 23.5 Å². The Labute approximate surface area is 178 Å². The second kappa shape index (κ2) is 6.96. The molecule has 4 aromatic heterocycles. The normalized spacial score (nSPS) is 12.2. The van der Waals surface area contributed by atoms with Crippen molar-refractivity contribution in [2.24, 2.45) is 0 Å². The summed E-state index contributed by atoms with van der Waals surface area (Å²) >= 11 is 1.31. The zero-order valence-electron chi connectivity index (χ0n) is 16.0. The van der Waals surface area contributed by atoms with Gasteiger partial charge < -0.3 is 4.52 Å². The van der Waals surface area contributed by atoms with Crippen molar-refractivity contribution >= 4 is 33.3 Å². The van der Waals surface area contributed by atoms with Gasteiger partial charge in [-0.25, -0.2) is 0 Å². The largest absolute Gasteiger partial charge is 0.355 e. The molecule has 0 spiro atoms. The van der Waals surface area contributed by atoms with E-state index in [2.05, 4.69) is 20.2 Å². The molecule has 6 aromatic rings. The van der Waals surface area contributed by atoms with Crippen molar-refractivity contribution in [3.63, 3.8) is 0 Å². The molecule has 148 valence electrons. The van der Waals surface area contributed by atoms with Gasteiger partial charge in [-0.05, 0) is 35.9 Å². The molecule has 31 heavy (non-hydrogen) atoms. The van der Waals surface area contributed by atoms with Gasteiger partial charge >= 0.3 is 0 Å². The lowest BCUT2D eigenvalue weighted by molar-refractivity contribution is 0.441. The van der Waals surface area contributed by atoms with Gasteiger partial charge in [-0.15, -0.1) is 5.10 Å². The van der Waals surface area contributed by atoms with Gasteiger partial charge in [0.25, 0.3) is 5.56 Å². The average molecular weight is 423 g/mol. The van der Waals surface area contributed by atoms with E-state index in [0.717, 1.165) is 27.6 Å². The smallest absolute Gasteiger partial charge is 0.291 e. The highest BCUT2D eigenvalue weighted by molar-refractivity contribution is 7.15. The van der Waals surface area contributed by atoms with Gasteiger partial charge in [0.2, 0.25) is 4.96 Å². The van der Waals surface area contributed by atoms with Gasteiger partial charge in [0.1, 0.15) is 5.52 Å². The van der Waals surface area contributed by atoms with E-state index in [1.54, 1.807) is 12.4 Å². The standard InChI is InChI=1S/C23H13N5O2S/c29-22-19(31-23-25-21(26-28(22)23)16-8-10-24-11-9-16)13-14-6-7-18-17(12-14)20(30-27-18)15-4-2-1-3-5-15/h1-13H. The van der Waals surface area contributed by atoms with Crippen LogP contribution in [0.3, 0.4) is 0 Å². The van der Waals surface area contributed by atoms with Crippen molar-refractivity contribution < 1.29 is 4.52 Å². The number of hydrogen-bond donors (Lipinski definition) is 0. The van der Waals surface area contributed by atoms with E-state index in [9.17, 15) is 4.79 Å². The number of rotatable bonds is 3. The van der Waals surface area contributed by atoms with Gasteiger partial charge in [0.15, 0.2) is 11.6 Å². The summed E-state index contributed by atoms with van der Waals surface area (Å²) in [6.07, 6.45) is 5.19. The highest BCUT2D eigenvalue weighted by atomic mass is 32.1. The Balaban J connectivity index is 1.45. The lowest BCUT2D eigenvalue weighted by Gasteiger charge is -1.97. The first-order chi connectivity index (χ1) is 15.3. The molecule has 0 radical (unpaired) electrons. The molecular weight excluding hydrogens is 410 g/mol. The molecule has 0 aliphatic heterocycles. The lowest BCUT2D eigenvalue weighted by atomic mass is 10.1. The van der Waals surface area contributed by atoms with Gasteiger partial charge in [0.05, 0.1) is 9.92 Å². The van der Waals surface area contributed by atoms with Crippen molar-refractivity contribution in [3.05, 3.63) is 93.5 Å². The third kappa shape index (κ3) is 3.01. The molecule has 0 saturated heterocycles. The molecule has 0 aliphatic rings. The predicted molar refractivity (Wildman–Crippen MR) is 119 cm³/mol. The van der Waals surface area contributed by atoms with Gasteiger partial charge in [-0.1, -0.05) is 52.9 Å². The third-order valence-electron chi connectivity index (χ3n) is 4.95. The Morgan fingerprint density at radius 3 is 2.61 bits per heavy atom. The van der Waals surface area contributed by atoms with Crippen LogP contribution in [-0.2, 0) is 0 Å². The van der Waals surface area contributed by atoms with Gasteiger partial charge in [-0.2, -0.15) is 9.50 Å². The molecule has 0 atom stereocenters. The number of aromatic nitrogens is 5. The van der Waals surface area contributed by atoms with E-state index in [1.807, 2.05) is 66.7 Å². The zero-order valence-corrected chi connectivity index (χ0v) is 16.8. The maximum absolute atomic E-state index is 12.9. The van der Waals surface area contributed by atoms with Gasteiger partial charge in [-0.3, -0.25) is 9.78 Å². The summed E-state index contributed by atoms with van der Waals surface area (Å²) in [5.74, 6) is 1.22. The fourth-order valence-electron chi connectivity index (χ4n) is 3.46. The second-order valence-electron chi connectivity index (χ2n) is 6.94. The maximum Gasteiger partial charge on any atom is 0.291 e. The summed E-state index contributed by atoms with van der Waals surface area (Å²) in [5, 5.41) is 9.42. The van der Waals surface area contributed by atoms with Crippen LogP contribution in [0, 0.1) is 0 Å². The minimum Gasteiger partial charge on any atom is -0.355 e. The zero-order chi connectivity index (χ0) is 20.8. The Bertz CT molecular complexity index is 1650. The minimum absolute atomic E-state index is 0.193. The van der Waals surface area contributed by atoms with E-state index in [-0.39, 0.29) is 5.56 Å². The van der Waals surface area contributed by atoms with Crippen LogP contribution in [0.4, 0.5) is 0 Å². The number of benzene rings is 2. The Morgan fingerprint density at radius 1 is 0.968 bits per heavy atom. The topological polar surface area (TPSA) is 86.2 Å². The first kappa shape index (κ1) is 17.7. The Morgan fingerprint density at radius 2 is 1.81 bits per heavy atom. The van der Waals surface area contributed by atoms with Crippen LogP contribution in [0.5, 0.6) is 0 Å². The molecule has 0 bridgehead atoms. The molecule has 0 amide bonds. The quantitative estimate of drug-likeness (QED) is 0.433. The first-order valence-electron chi connectivity index (χ1n) is 9.53. The molecule has 4 heterocycles. The molecule has 7 nitrogen and oxygen atoms in total. The fourth-order valence-corrected chi connectivity index (χ4v) is 4.36. The average Bonchev–Trinajstić information content (AvgIpc) is 3.50.